The van der Waals surface area contributed by atoms with Crippen molar-refractivity contribution < 1.29 is 0 Å². The molecule has 4 heteroatoms. The van der Waals surface area contributed by atoms with Crippen molar-refractivity contribution in [3.63, 3.8) is 0 Å². The molecule has 124 valence electrons. The molecule has 0 radical (unpaired) electrons. The first kappa shape index (κ1) is 16.8. The van der Waals surface area contributed by atoms with Crippen LogP contribution >= 0.6 is 11.8 Å². The average Bonchev–Trinajstić information content (AvgIpc) is 2.62. The molecule has 0 amide bonds. The van der Waals surface area contributed by atoms with Crippen LogP contribution in [0, 0.1) is 0 Å². The number of hydrogen-bond donors (Lipinski definition) is 1. The van der Waals surface area contributed by atoms with E-state index in [4.69, 9.17) is 0 Å². The maximum Gasteiger partial charge on any atom is 0.190 e. The number of aromatic nitrogens is 2. The number of para-hydroxylation sites is 1. The van der Waals surface area contributed by atoms with E-state index >= 15 is 0 Å². The summed E-state index contributed by atoms with van der Waals surface area (Å²) in [5.74, 6) is 1.94. The average molecular weight is 337 g/mol. The molecule has 1 N–H and O–H groups in total. The summed E-state index contributed by atoms with van der Waals surface area (Å²) in [5.41, 5.74) is 2.42. The van der Waals surface area contributed by atoms with Gasteiger partial charge in [-0.1, -0.05) is 61.2 Å². The predicted molar refractivity (Wildman–Crippen MR) is 104 cm³/mol. The maximum absolute atomic E-state index is 4.69. The Kier molecular flexibility index (Phi) is 6.07. The Hall–Kier alpha value is -2.07. The number of hydrogen-bond acceptors (Lipinski definition) is 4. The number of anilines is 1. The van der Waals surface area contributed by atoms with Gasteiger partial charge in [-0.15, -0.1) is 0 Å². The molecule has 1 heterocycles. The van der Waals surface area contributed by atoms with Gasteiger partial charge >= 0.3 is 0 Å². The van der Waals surface area contributed by atoms with Crippen LogP contribution in [0.15, 0.2) is 59.8 Å². The first-order valence-electron chi connectivity index (χ1n) is 8.54. The highest BCUT2D eigenvalue weighted by Gasteiger charge is 2.07. The quantitative estimate of drug-likeness (QED) is 0.349. The van der Waals surface area contributed by atoms with Crippen LogP contribution in [0.4, 0.5) is 5.82 Å². The van der Waals surface area contributed by atoms with Gasteiger partial charge in [0.15, 0.2) is 5.16 Å². The van der Waals surface area contributed by atoms with Crippen molar-refractivity contribution in [1.82, 2.24) is 9.97 Å². The SMILES string of the molecule is CCSc1nc(NCCCCc2ccccc2)c2ccccc2n1. The molecule has 0 bridgehead atoms. The van der Waals surface area contributed by atoms with Crippen molar-refractivity contribution in [3.8, 4) is 0 Å². The Labute approximate surface area is 147 Å². The number of thioether (sulfide) groups is 1. The molecule has 3 aromatic rings. The van der Waals surface area contributed by atoms with Gasteiger partial charge < -0.3 is 5.32 Å². The molecule has 0 atom stereocenters. The molecule has 24 heavy (non-hydrogen) atoms. The first-order valence-corrected chi connectivity index (χ1v) is 9.53. The maximum atomic E-state index is 4.69. The number of fused-ring (bicyclic) bond motifs is 1. The van der Waals surface area contributed by atoms with Gasteiger partial charge in [-0.2, -0.15) is 0 Å². The number of nitrogens with zero attached hydrogens (tertiary/aromatic N) is 2. The summed E-state index contributed by atoms with van der Waals surface area (Å²) in [7, 11) is 0. The summed E-state index contributed by atoms with van der Waals surface area (Å²) < 4.78 is 0. The topological polar surface area (TPSA) is 37.8 Å². The van der Waals surface area contributed by atoms with Crippen molar-refractivity contribution in [2.45, 2.75) is 31.3 Å². The lowest BCUT2D eigenvalue weighted by atomic mass is 10.1. The van der Waals surface area contributed by atoms with Gasteiger partial charge in [-0.05, 0) is 42.7 Å². The van der Waals surface area contributed by atoms with E-state index in [9.17, 15) is 0 Å². The lowest BCUT2D eigenvalue weighted by Gasteiger charge is -2.10. The van der Waals surface area contributed by atoms with Crippen LogP contribution in [0.2, 0.25) is 0 Å². The number of benzene rings is 2. The second kappa shape index (κ2) is 8.69. The van der Waals surface area contributed by atoms with E-state index in [2.05, 4.69) is 64.7 Å². The van der Waals surface area contributed by atoms with Crippen LogP contribution in [0.5, 0.6) is 0 Å². The minimum absolute atomic E-state index is 0.850. The Morgan fingerprint density at radius 1 is 0.917 bits per heavy atom. The summed E-state index contributed by atoms with van der Waals surface area (Å²) in [6.07, 6.45) is 3.43. The molecule has 0 saturated heterocycles. The van der Waals surface area contributed by atoms with Crippen LogP contribution < -0.4 is 5.32 Å². The zero-order valence-corrected chi connectivity index (χ0v) is 14.9. The standard InChI is InChI=1S/C20H23N3S/c1-2-24-20-22-18-14-7-6-13-17(18)19(23-20)21-15-9-8-12-16-10-4-3-5-11-16/h3-7,10-11,13-14H,2,8-9,12,15H2,1H3,(H,21,22,23). The smallest absolute Gasteiger partial charge is 0.190 e. The van der Waals surface area contributed by atoms with Gasteiger partial charge in [0, 0.05) is 11.9 Å². The van der Waals surface area contributed by atoms with E-state index in [1.165, 1.54) is 12.0 Å². The minimum Gasteiger partial charge on any atom is -0.369 e. The highest BCUT2D eigenvalue weighted by molar-refractivity contribution is 7.99. The molecule has 0 aliphatic heterocycles. The summed E-state index contributed by atoms with van der Waals surface area (Å²) in [5, 5.41) is 5.46. The van der Waals surface area contributed by atoms with Crippen molar-refractivity contribution >= 4 is 28.5 Å². The van der Waals surface area contributed by atoms with E-state index in [1.807, 2.05) is 12.1 Å². The molecule has 1 aromatic heterocycles. The molecule has 3 nitrogen and oxygen atoms in total. The Bertz CT molecular complexity index is 774. The van der Waals surface area contributed by atoms with Crippen molar-refractivity contribution in [1.29, 1.82) is 0 Å². The van der Waals surface area contributed by atoms with Crippen molar-refractivity contribution in [2.75, 3.05) is 17.6 Å². The second-order valence-corrected chi connectivity index (χ2v) is 6.91. The predicted octanol–water partition coefficient (Wildman–Crippen LogP) is 5.18. The third-order valence-electron chi connectivity index (χ3n) is 3.88. The number of aryl methyl sites for hydroxylation is 1. The molecule has 0 aliphatic carbocycles. The summed E-state index contributed by atoms with van der Waals surface area (Å²) in [6.45, 7) is 3.06. The Morgan fingerprint density at radius 3 is 2.54 bits per heavy atom. The first-order chi connectivity index (χ1) is 11.9. The van der Waals surface area contributed by atoms with Crippen LogP contribution in [-0.2, 0) is 6.42 Å². The van der Waals surface area contributed by atoms with Crippen LogP contribution in [-0.4, -0.2) is 22.3 Å². The zero-order chi connectivity index (χ0) is 16.6. The monoisotopic (exact) mass is 337 g/mol. The molecular weight excluding hydrogens is 314 g/mol. The molecule has 0 aliphatic rings. The Balaban J connectivity index is 1.59. The molecule has 0 unspecified atom stereocenters. The summed E-state index contributed by atoms with van der Waals surface area (Å²) in [6, 6.07) is 18.9. The zero-order valence-electron chi connectivity index (χ0n) is 14.0. The number of rotatable bonds is 8. The molecule has 0 saturated carbocycles. The lowest BCUT2D eigenvalue weighted by molar-refractivity contribution is 0.760. The highest BCUT2D eigenvalue weighted by atomic mass is 32.2. The van der Waals surface area contributed by atoms with Crippen LogP contribution in [0.3, 0.4) is 0 Å². The fourth-order valence-corrected chi connectivity index (χ4v) is 3.27. The van der Waals surface area contributed by atoms with E-state index in [0.717, 1.165) is 47.0 Å². The third-order valence-corrected chi connectivity index (χ3v) is 4.61. The molecule has 3 rings (SSSR count). The highest BCUT2D eigenvalue weighted by Crippen LogP contribution is 2.24. The summed E-state index contributed by atoms with van der Waals surface area (Å²) >= 11 is 1.68. The molecule has 2 aromatic carbocycles. The van der Waals surface area contributed by atoms with E-state index in [-0.39, 0.29) is 0 Å². The van der Waals surface area contributed by atoms with Gasteiger partial charge in [-0.25, -0.2) is 9.97 Å². The Morgan fingerprint density at radius 2 is 1.71 bits per heavy atom. The number of nitrogens with one attached hydrogen (secondary N) is 1. The van der Waals surface area contributed by atoms with E-state index < -0.39 is 0 Å². The molecule has 0 fully saturated rings. The minimum atomic E-state index is 0.850. The fraction of sp³-hybridized carbons (Fsp3) is 0.300. The molecule has 0 spiro atoms. The van der Waals surface area contributed by atoms with Gasteiger partial charge in [0.25, 0.3) is 0 Å². The largest absolute Gasteiger partial charge is 0.369 e. The number of unbranched alkanes of at least 4 members (excludes halogenated alkanes) is 1. The van der Waals surface area contributed by atoms with Crippen molar-refractivity contribution in [2.24, 2.45) is 0 Å². The van der Waals surface area contributed by atoms with Gasteiger partial charge in [0.1, 0.15) is 5.82 Å². The van der Waals surface area contributed by atoms with Crippen molar-refractivity contribution in [3.05, 3.63) is 60.2 Å². The van der Waals surface area contributed by atoms with Crippen LogP contribution in [0.1, 0.15) is 25.3 Å². The molecular formula is C20H23N3S. The second-order valence-electron chi connectivity index (χ2n) is 5.67. The van der Waals surface area contributed by atoms with E-state index in [1.54, 1.807) is 11.8 Å². The lowest BCUT2D eigenvalue weighted by Crippen LogP contribution is -2.06. The third kappa shape index (κ3) is 4.48. The van der Waals surface area contributed by atoms with E-state index in [0.29, 0.717) is 0 Å². The van der Waals surface area contributed by atoms with Gasteiger partial charge in [0.05, 0.1) is 5.52 Å². The van der Waals surface area contributed by atoms with Gasteiger partial charge in [-0.3, -0.25) is 0 Å². The van der Waals surface area contributed by atoms with Gasteiger partial charge in [0.2, 0.25) is 0 Å². The summed E-state index contributed by atoms with van der Waals surface area (Å²) in [4.78, 5) is 9.31. The normalized spacial score (nSPS) is 10.9. The van der Waals surface area contributed by atoms with Crippen LogP contribution in [0.25, 0.3) is 10.9 Å². The fourth-order valence-electron chi connectivity index (χ4n) is 2.69.